The maximum Gasteiger partial charge on any atom is 0.255 e. The van der Waals surface area contributed by atoms with Gasteiger partial charge in [0.15, 0.2) is 0 Å². The number of aromatic amines is 1. The van der Waals surface area contributed by atoms with E-state index in [0.29, 0.717) is 72.0 Å². The first kappa shape index (κ1) is 28.4. The van der Waals surface area contributed by atoms with Gasteiger partial charge in [0.2, 0.25) is 5.91 Å². The fourth-order valence-corrected chi connectivity index (χ4v) is 5.40. The van der Waals surface area contributed by atoms with Crippen molar-refractivity contribution < 1.29 is 18.7 Å². The number of H-pyrrole nitrogens is 1. The van der Waals surface area contributed by atoms with Crippen molar-refractivity contribution in [2.24, 2.45) is 0 Å². The molecule has 3 aromatic rings. The number of ether oxygens (including phenoxy) is 1. The number of nitrogens with one attached hydrogen (secondary N) is 3. The molecule has 2 amide bonds. The molecule has 10 heteroatoms. The second kappa shape index (κ2) is 11.7. The number of fused-ring (bicyclic) bond motifs is 1. The quantitative estimate of drug-likeness (QED) is 0.320. The summed E-state index contributed by atoms with van der Waals surface area (Å²) in [6.07, 6.45) is 8.74. The van der Waals surface area contributed by atoms with E-state index in [4.69, 9.17) is 4.74 Å². The average Bonchev–Trinajstić information content (AvgIpc) is 3.30. The molecule has 1 aromatic carbocycles. The molecule has 0 radical (unpaired) electrons. The number of hydrogen-bond acceptors (Lipinski definition) is 6. The Morgan fingerprint density at radius 1 is 1.32 bits per heavy atom. The van der Waals surface area contributed by atoms with Crippen LogP contribution in [0.25, 0.3) is 11.3 Å². The molecule has 41 heavy (non-hydrogen) atoms. The maximum atomic E-state index is 14.6. The lowest BCUT2D eigenvalue weighted by molar-refractivity contribution is -0.143. The molecule has 2 aromatic heterocycles. The summed E-state index contributed by atoms with van der Waals surface area (Å²) in [4.78, 5) is 37.4. The molecule has 0 saturated carbocycles. The van der Waals surface area contributed by atoms with Crippen LogP contribution in [0.2, 0.25) is 0 Å². The summed E-state index contributed by atoms with van der Waals surface area (Å²) in [5, 5.41) is 6.29. The van der Waals surface area contributed by atoms with Crippen molar-refractivity contribution in [2.75, 3.05) is 45.7 Å². The number of likely N-dealkylation sites (tertiary alicyclic amines) is 1. The minimum Gasteiger partial charge on any atom is -0.489 e. The molecule has 5 rings (SSSR count). The Morgan fingerprint density at radius 2 is 2.15 bits per heavy atom. The zero-order chi connectivity index (χ0) is 29.1. The van der Waals surface area contributed by atoms with Gasteiger partial charge in [-0.2, -0.15) is 0 Å². The summed E-state index contributed by atoms with van der Waals surface area (Å²) in [7, 11) is 3.91. The molecule has 4 heterocycles. The molecule has 1 fully saturated rings. The predicted octanol–water partition coefficient (Wildman–Crippen LogP) is 4.30. The Morgan fingerprint density at radius 3 is 2.88 bits per heavy atom. The first-order valence-electron chi connectivity index (χ1n) is 14.0. The largest absolute Gasteiger partial charge is 0.489 e. The van der Waals surface area contributed by atoms with Gasteiger partial charge in [-0.05, 0) is 52.1 Å². The summed E-state index contributed by atoms with van der Waals surface area (Å²) in [6.45, 7) is 6.08. The Balaban J connectivity index is 1.45. The van der Waals surface area contributed by atoms with Gasteiger partial charge in [0.1, 0.15) is 18.2 Å². The number of nitrogens with zero attached hydrogens (tertiary/aromatic N) is 3. The van der Waals surface area contributed by atoms with Crippen LogP contribution in [0, 0.1) is 5.82 Å². The summed E-state index contributed by atoms with van der Waals surface area (Å²) < 4.78 is 21.0. The van der Waals surface area contributed by atoms with Crippen molar-refractivity contribution in [1.29, 1.82) is 0 Å². The number of hydrogen-bond donors (Lipinski definition) is 3. The number of anilines is 2. The Kier molecular flexibility index (Phi) is 8.12. The van der Waals surface area contributed by atoms with E-state index in [1.54, 1.807) is 24.5 Å². The van der Waals surface area contributed by atoms with E-state index in [0.717, 1.165) is 12.1 Å². The minimum atomic E-state index is -0.458. The molecule has 9 nitrogen and oxygen atoms in total. The van der Waals surface area contributed by atoms with Crippen LogP contribution in [0.5, 0.6) is 5.75 Å². The van der Waals surface area contributed by atoms with Crippen LogP contribution in [-0.2, 0) is 17.6 Å². The molecular formula is C31H37FN6O3. The number of halogens is 1. The highest BCUT2D eigenvalue weighted by Crippen LogP contribution is 2.41. The monoisotopic (exact) mass is 560 g/mol. The number of likely N-dealkylation sites (N-methyl/N-ethyl adjacent to an activating group) is 1. The average molecular weight is 561 g/mol. The minimum absolute atomic E-state index is 0.0352. The van der Waals surface area contributed by atoms with E-state index in [9.17, 15) is 14.0 Å². The normalized spacial score (nSPS) is 18.3. The van der Waals surface area contributed by atoms with Crippen molar-refractivity contribution in [3.8, 4) is 17.0 Å². The van der Waals surface area contributed by atoms with Gasteiger partial charge in [-0.25, -0.2) is 4.39 Å². The fraction of sp³-hybridized carbons (Fsp3) is 0.387. The highest BCUT2D eigenvalue weighted by atomic mass is 19.1. The van der Waals surface area contributed by atoms with Crippen LogP contribution in [0.15, 0.2) is 48.8 Å². The Bertz CT molecular complexity index is 1480. The van der Waals surface area contributed by atoms with Gasteiger partial charge >= 0.3 is 0 Å². The Hall–Kier alpha value is -4.18. The second-order valence-electron chi connectivity index (χ2n) is 11.0. The highest BCUT2D eigenvalue weighted by Gasteiger charge is 2.43. The molecule has 2 aliphatic rings. The van der Waals surface area contributed by atoms with Crippen LogP contribution in [0.1, 0.15) is 41.9 Å². The molecule has 216 valence electrons. The maximum absolute atomic E-state index is 14.6. The molecule has 0 aliphatic carbocycles. The Labute approximate surface area is 239 Å². The van der Waals surface area contributed by atoms with E-state index in [1.807, 2.05) is 56.0 Å². The first-order chi connectivity index (χ1) is 19.7. The number of benzene rings is 1. The molecular weight excluding hydrogens is 523 g/mol. The summed E-state index contributed by atoms with van der Waals surface area (Å²) in [5.41, 5.74) is 3.93. The van der Waals surface area contributed by atoms with Gasteiger partial charge in [0.05, 0.1) is 28.7 Å². The van der Waals surface area contributed by atoms with Gasteiger partial charge < -0.3 is 30.2 Å². The third-order valence-corrected chi connectivity index (χ3v) is 7.81. The standard InChI is InChI=1S/C31H37FN6O3/c1-5-20-22(32)8-6-9-23(20)35-29-27-24(12-15-34-30(27)40)36-28(29)21-11-14-33-18-25(21)41-19-31(2)13-17-38(31)26(39)10-7-16-37(3)4/h6-11,14,18,35-36H,5,12-13,15-17,19H2,1-4H3,(H,34,40)/b10-7+/t31-/m1/s1. The summed E-state index contributed by atoms with van der Waals surface area (Å²) in [5.74, 6) is -0.00826. The molecule has 1 saturated heterocycles. The van der Waals surface area contributed by atoms with Crippen LogP contribution in [0.3, 0.4) is 0 Å². The van der Waals surface area contributed by atoms with E-state index < -0.39 is 5.54 Å². The van der Waals surface area contributed by atoms with E-state index in [2.05, 4.69) is 20.6 Å². The number of amides is 2. The van der Waals surface area contributed by atoms with Crippen molar-refractivity contribution in [3.05, 3.63) is 71.4 Å². The number of pyridine rings is 1. The SMILES string of the molecule is CCc1c(F)cccc1Nc1c(-c2ccncc2OC[C@@]2(C)CCN2C(=O)/C=C/CN(C)C)[nH]c2c1C(=O)NCC2. The summed E-state index contributed by atoms with van der Waals surface area (Å²) in [6, 6.07) is 6.73. The fourth-order valence-electron chi connectivity index (χ4n) is 5.40. The van der Waals surface area contributed by atoms with Gasteiger partial charge in [-0.3, -0.25) is 14.6 Å². The number of aromatic nitrogens is 2. The van der Waals surface area contributed by atoms with Gasteiger partial charge in [-0.15, -0.1) is 0 Å². The van der Waals surface area contributed by atoms with Gasteiger partial charge in [0.25, 0.3) is 5.91 Å². The number of carbonyl (C=O) groups excluding carboxylic acids is 2. The number of rotatable bonds is 10. The first-order valence-corrected chi connectivity index (χ1v) is 14.0. The van der Waals surface area contributed by atoms with Crippen LogP contribution >= 0.6 is 0 Å². The van der Waals surface area contributed by atoms with Crippen LogP contribution in [0.4, 0.5) is 15.8 Å². The predicted molar refractivity (Wildman–Crippen MR) is 157 cm³/mol. The van der Waals surface area contributed by atoms with Crippen molar-refractivity contribution in [1.82, 2.24) is 25.1 Å². The van der Waals surface area contributed by atoms with E-state index in [1.165, 1.54) is 6.07 Å². The highest BCUT2D eigenvalue weighted by molar-refractivity contribution is 6.06. The lowest BCUT2D eigenvalue weighted by atomic mass is 9.87. The van der Waals surface area contributed by atoms with Crippen molar-refractivity contribution in [2.45, 2.75) is 38.6 Å². The smallest absolute Gasteiger partial charge is 0.255 e. The molecule has 2 aliphatic heterocycles. The van der Waals surface area contributed by atoms with Crippen LogP contribution < -0.4 is 15.4 Å². The van der Waals surface area contributed by atoms with Crippen molar-refractivity contribution >= 4 is 23.2 Å². The second-order valence-corrected chi connectivity index (χ2v) is 11.0. The van der Waals surface area contributed by atoms with E-state index >= 15 is 0 Å². The molecule has 3 N–H and O–H groups in total. The zero-order valence-corrected chi connectivity index (χ0v) is 24.0. The third-order valence-electron chi connectivity index (χ3n) is 7.81. The molecule has 1 atom stereocenters. The molecule has 0 unspecified atom stereocenters. The topological polar surface area (TPSA) is 103 Å². The van der Waals surface area contributed by atoms with Crippen LogP contribution in [-0.4, -0.2) is 77.5 Å². The lowest BCUT2D eigenvalue weighted by Gasteiger charge is -2.49. The zero-order valence-electron chi connectivity index (χ0n) is 24.0. The number of carbonyl (C=O) groups is 2. The van der Waals surface area contributed by atoms with Crippen molar-refractivity contribution in [3.63, 3.8) is 0 Å². The third kappa shape index (κ3) is 5.69. The van der Waals surface area contributed by atoms with Gasteiger partial charge in [-0.1, -0.05) is 19.1 Å². The van der Waals surface area contributed by atoms with E-state index in [-0.39, 0.29) is 24.2 Å². The molecule has 0 spiro atoms. The molecule has 0 bridgehead atoms. The summed E-state index contributed by atoms with van der Waals surface area (Å²) >= 11 is 0. The van der Waals surface area contributed by atoms with Gasteiger partial charge in [0, 0.05) is 60.8 Å². The lowest BCUT2D eigenvalue weighted by Crippen LogP contribution is -2.62.